The van der Waals surface area contributed by atoms with Gasteiger partial charge in [-0.05, 0) is 51.3 Å². The van der Waals surface area contributed by atoms with Gasteiger partial charge in [0.05, 0.1) is 18.2 Å². The summed E-state index contributed by atoms with van der Waals surface area (Å²) in [5.74, 6) is -0.420. The third-order valence-corrected chi connectivity index (χ3v) is 5.47. The third kappa shape index (κ3) is 3.66. The monoisotopic (exact) mass is 371 g/mol. The van der Waals surface area contributed by atoms with Crippen molar-refractivity contribution < 1.29 is 14.3 Å². The molecule has 0 spiro atoms. The van der Waals surface area contributed by atoms with E-state index in [1.54, 1.807) is 6.92 Å². The third-order valence-electron chi connectivity index (χ3n) is 5.47. The summed E-state index contributed by atoms with van der Waals surface area (Å²) in [6.45, 7) is 6.45. The van der Waals surface area contributed by atoms with Crippen LogP contribution < -0.4 is 0 Å². The summed E-state index contributed by atoms with van der Waals surface area (Å²) in [5.41, 5.74) is 3.48. The molecule has 3 heterocycles. The maximum Gasteiger partial charge on any atom is 0.340 e. The van der Waals surface area contributed by atoms with E-state index in [0.29, 0.717) is 29.1 Å². The molecule has 0 aliphatic carbocycles. The minimum Gasteiger partial charge on any atom is -0.462 e. The number of aromatic nitrogens is 2. The highest BCUT2D eigenvalue weighted by Crippen LogP contribution is 2.32. The van der Waals surface area contributed by atoms with E-state index in [9.17, 15) is 9.59 Å². The Morgan fingerprint density at radius 1 is 1.26 bits per heavy atom. The Morgan fingerprint density at radius 3 is 2.70 bits per heavy atom. The Kier molecular flexibility index (Phi) is 5.73. The van der Waals surface area contributed by atoms with Crippen molar-refractivity contribution in [2.24, 2.45) is 7.05 Å². The van der Waals surface area contributed by atoms with Crippen molar-refractivity contribution in [3.05, 3.63) is 46.5 Å². The van der Waals surface area contributed by atoms with Gasteiger partial charge in [-0.3, -0.25) is 4.79 Å². The summed E-state index contributed by atoms with van der Waals surface area (Å²) < 4.78 is 7.25. The lowest BCUT2D eigenvalue weighted by Crippen LogP contribution is -2.36. The Balaban J connectivity index is 1.96. The molecule has 1 fully saturated rings. The number of likely N-dealkylation sites (tertiary alicyclic amines) is 1. The number of carbonyl (C=O) groups is 2. The topological polar surface area (TPSA) is 67.3 Å². The molecule has 0 bridgehead atoms. The number of amides is 1. The minimum atomic E-state index is -0.377. The summed E-state index contributed by atoms with van der Waals surface area (Å²) >= 11 is 0. The van der Waals surface area contributed by atoms with Crippen LogP contribution in [0.4, 0.5) is 0 Å². The number of nitrogens with one attached hydrogen (secondary N) is 1. The van der Waals surface area contributed by atoms with Crippen molar-refractivity contribution in [2.75, 3.05) is 13.2 Å². The lowest BCUT2D eigenvalue weighted by atomic mass is 10.1. The predicted molar refractivity (Wildman–Crippen MR) is 104 cm³/mol. The highest BCUT2D eigenvalue weighted by molar-refractivity contribution is 6.00. The molecule has 1 aliphatic rings. The van der Waals surface area contributed by atoms with Gasteiger partial charge in [-0.25, -0.2) is 4.79 Å². The Labute approximate surface area is 160 Å². The van der Waals surface area contributed by atoms with Gasteiger partial charge in [0.2, 0.25) is 0 Å². The van der Waals surface area contributed by atoms with Gasteiger partial charge in [0.1, 0.15) is 5.69 Å². The second kappa shape index (κ2) is 8.03. The highest BCUT2D eigenvalue weighted by atomic mass is 16.5. The Bertz CT molecular complexity index is 834. The smallest absolute Gasteiger partial charge is 0.340 e. The fourth-order valence-corrected chi connectivity index (χ4v) is 4.10. The molecule has 3 rings (SSSR count). The first-order valence-electron chi connectivity index (χ1n) is 9.74. The molecule has 146 valence electrons. The van der Waals surface area contributed by atoms with E-state index in [2.05, 4.69) is 15.6 Å². The van der Waals surface area contributed by atoms with Gasteiger partial charge in [-0.2, -0.15) is 0 Å². The SMILES string of the molecule is CCOC(=O)c1c(C)[nH]c(C(=O)N2CCCCC[C@@H]2c2cccn2C)c1C. The molecule has 27 heavy (non-hydrogen) atoms. The van der Waals surface area contributed by atoms with Crippen LogP contribution in [0.3, 0.4) is 0 Å². The van der Waals surface area contributed by atoms with Gasteiger partial charge in [-0.15, -0.1) is 0 Å². The lowest BCUT2D eigenvalue weighted by molar-refractivity contribution is 0.0525. The fraction of sp³-hybridized carbons (Fsp3) is 0.524. The summed E-state index contributed by atoms with van der Waals surface area (Å²) in [6, 6.07) is 4.16. The number of H-pyrrole nitrogens is 1. The van der Waals surface area contributed by atoms with Crippen LogP contribution in [0.1, 0.15) is 76.4 Å². The maximum atomic E-state index is 13.5. The van der Waals surface area contributed by atoms with Crippen molar-refractivity contribution in [2.45, 2.75) is 52.5 Å². The van der Waals surface area contributed by atoms with Crippen molar-refractivity contribution in [3.8, 4) is 0 Å². The van der Waals surface area contributed by atoms with E-state index in [1.807, 2.05) is 38.1 Å². The first-order valence-corrected chi connectivity index (χ1v) is 9.74. The van der Waals surface area contributed by atoms with E-state index >= 15 is 0 Å². The maximum absolute atomic E-state index is 13.5. The number of aryl methyl sites for hydroxylation is 2. The van der Waals surface area contributed by atoms with Gasteiger partial charge in [-0.1, -0.05) is 12.8 Å². The summed E-state index contributed by atoms with van der Waals surface area (Å²) in [7, 11) is 2.02. The quantitative estimate of drug-likeness (QED) is 0.829. The van der Waals surface area contributed by atoms with Crippen molar-refractivity contribution in [1.82, 2.24) is 14.5 Å². The average molecular weight is 371 g/mol. The van der Waals surface area contributed by atoms with Crippen molar-refractivity contribution >= 4 is 11.9 Å². The number of ether oxygens (including phenoxy) is 1. The van der Waals surface area contributed by atoms with Crippen LogP contribution in [0.15, 0.2) is 18.3 Å². The van der Waals surface area contributed by atoms with Gasteiger partial charge < -0.3 is 19.2 Å². The Morgan fingerprint density at radius 2 is 2.04 bits per heavy atom. The van der Waals surface area contributed by atoms with E-state index in [4.69, 9.17) is 4.74 Å². The number of hydrogen-bond donors (Lipinski definition) is 1. The molecule has 0 saturated carbocycles. The number of esters is 1. The number of hydrogen-bond acceptors (Lipinski definition) is 3. The molecule has 6 nitrogen and oxygen atoms in total. The number of rotatable bonds is 4. The molecular weight excluding hydrogens is 342 g/mol. The number of aromatic amines is 1. The number of nitrogens with zero attached hydrogens (tertiary/aromatic N) is 2. The molecule has 2 aromatic rings. The molecule has 0 aromatic carbocycles. The molecule has 6 heteroatoms. The van der Waals surface area contributed by atoms with Crippen LogP contribution in [0.5, 0.6) is 0 Å². The molecule has 0 radical (unpaired) electrons. The molecular formula is C21H29N3O3. The minimum absolute atomic E-state index is 0.0424. The number of carbonyl (C=O) groups excluding carboxylic acids is 2. The molecule has 1 aliphatic heterocycles. The van der Waals surface area contributed by atoms with Crippen LogP contribution in [-0.4, -0.2) is 39.5 Å². The summed E-state index contributed by atoms with van der Waals surface area (Å²) in [6.07, 6.45) is 6.20. The standard InChI is InChI=1S/C21H29N3O3/c1-5-27-21(26)18-14(2)19(22-15(18)3)20(25)24-13-8-6-7-10-17(24)16-11-9-12-23(16)4/h9,11-12,17,22H,5-8,10,13H2,1-4H3/t17-/m1/s1. The summed E-state index contributed by atoms with van der Waals surface area (Å²) in [5, 5.41) is 0. The molecule has 1 amide bonds. The van der Waals surface area contributed by atoms with Crippen LogP contribution in [0, 0.1) is 13.8 Å². The summed E-state index contributed by atoms with van der Waals surface area (Å²) in [4.78, 5) is 30.9. The van der Waals surface area contributed by atoms with E-state index < -0.39 is 0 Å². The molecule has 0 unspecified atom stereocenters. The van der Waals surface area contributed by atoms with Crippen LogP contribution in [0.2, 0.25) is 0 Å². The predicted octanol–water partition coefficient (Wildman–Crippen LogP) is 3.90. The zero-order valence-electron chi connectivity index (χ0n) is 16.7. The molecule has 1 atom stereocenters. The Hall–Kier alpha value is -2.50. The second-order valence-corrected chi connectivity index (χ2v) is 7.25. The zero-order valence-corrected chi connectivity index (χ0v) is 16.7. The van der Waals surface area contributed by atoms with Gasteiger partial charge in [0, 0.05) is 31.2 Å². The van der Waals surface area contributed by atoms with Crippen molar-refractivity contribution in [1.29, 1.82) is 0 Å². The van der Waals surface area contributed by atoms with Gasteiger partial charge >= 0.3 is 5.97 Å². The largest absolute Gasteiger partial charge is 0.462 e. The highest BCUT2D eigenvalue weighted by Gasteiger charge is 2.32. The average Bonchev–Trinajstić information content (AvgIpc) is 3.08. The van der Waals surface area contributed by atoms with Crippen molar-refractivity contribution in [3.63, 3.8) is 0 Å². The normalized spacial score (nSPS) is 17.6. The lowest BCUT2D eigenvalue weighted by Gasteiger charge is -2.30. The molecule has 2 aromatic heterocycles. The van der Waals surface area contributed by atoms with E-state index in [1.165, 1.54) is 0 Å². The van der Waals surface area contributed by atoms with Crippen LogP contribution in [0.25, 0.3) is 0 Å². The van der Waals surface area contributed by atoms with Gasteiger partial charge in [0.15, 0.2) is 0 Å². The van der Waals surface area contributed by atoms with Crippen LogP contribution >= 0.6 is 0 Å². The fourth-order valence-electron chi connectivity index (χ4n) is 4.10. The van der Waals surface area contributed by atoms with Gasteiger partial charge in [0.25, 0.3) is 5.91 Å². The van der Waals surface area contributed by atoms with E-state index in [-0.39, 0.29) is 17.9 Å². The zero-order chi connectivity index (χ0) is 19.6. The first-order chi connectivity index (χ1) is 13.0. The first kappa shape index (κ1) is 19.3. The van der Waals surface area contributed by atoms with E-state index in [0.717, 1.165) is 37.9 Å². The molecule has 1 N–H and O–H groups in total. The molecule has 1 saturated heterocycles. The second-order valence-electron chi connectivity index (χ2n) is 7.25. The van der Waals surface area contributed by atoms with Crippen LogP contribution in [-0.2, 0) is 11.8 Å².